The molecule has 0 atom stereocenters. The Morgan fingerprint density at radius 3 is 3.08 bits per heavy atom. The molecule has 0 aliphatic carbocycles. The topological polar surface area (TPSA) is 30.0 Å². The summed E-state index contributed by atoms with van der Waals surface area (Å²) in [5, 5.41) is 3.50. The van der Waals surface area contributed by atoms with Crippen molar-refractivity contribution in [3.8, 4) is 11.2 Å². The van der Waals surface area contributed by atoms with E-state index in [0.717, 1.165) is 5.03 Å². The summed E-state index contributed by atoms with van der Waals surface area (Å²) in [5.41, 5.74) is 0. The summed E-state index contributed by atoms with van der Waals surface area (Å²) in [6.07, 6.45) is 2.29. The number of nitrogens with zero attached hydrogens (tertiary/aromatic N) is 1. The van der Waals surface area contributed by atoms with E-state index in [1.807, 2.05) is 18.2 Å². The molecule has 0 radical (unpaired) electrons. The number of carbonyl (C=O) groups is 1. The Bertz CT molecular complexity index is 302. The maximum absolute atomic E-state index is 9.80. The lowest BCUT2D eigenvalue weighted by atomic mass is 10.5. The third-order valence-electron chi connectivity index (χ3n) is 0.924. The van der Waals surface area contributed by atoms with E-state index >= 15 is 0 Å². The van der Waals surface area contributed by atoms with Gasteiger partial charge in [-0.25, -0.2) is 4.98 Å². The van der Waals surface area contributed by atoms with Gasteiger partial charge >= 0.3 is 0 Å². The van der Waals surface area contributed by atoms with Crippen LogP contribution in [0.1, 0.15) is 0 Å². The van der Waals surface area contributed by atoms with Crippen molar-refractivity contribution in [3.05, 3.63) is 24.4 Å². The molecule has 0 aliphatic rings. The van der Waals surface area contributed by atoms with Crippen molar-refractivity contribution in [3.63, 3.8) is 0 Å². The van der Waals surface area contributed by atoms with Gasteiger partial charge in [-0.3, -0.25) is 4.79 Å². The summed E-state index contributed by atoms with van der Waals surface area (Å²) in [6, 6.07) is 5.65. The van der Waals surface area contributed by atoms with E-state index in [9.17, 15) is 4.79 Å². The average Bonchev–Trinajstić information content (AvgIpc) is 2.14. The predicted molar refractivity (Wildman–Crippen MR) is 51.5 cm³/mol. The minimum absolute atomic E-state index is 0.575. The van der Waals surface area contributed by atoms with Gasteiger partial charge in [0.15, 0.2) is 6.29 Å². The van der Waals surface area contributed by atoms with Crippen LogP contribution in [0.15, 0.2) is 29.4 Å². The standard InChI is InChI=1S/C8H5NOS2/c10-6-3-7-11-12-8-4-1-2-5-9-8/h1-2,4-6H. The first kappa shape index (κ1) is 9.17. The maximum Gasteiger partial charge on any atom is 0.193 e. The molecule has 0 spiro atoms. The number of rotatable bonds is 2. The zero-order chi connectivity index (χ0) is 8.65. The molecule has 2 nitrogen and oxygen atoms in total. The average molecular weight is 195 g/mol. The summed E-state index contributed by atoms with van der Waals surface area (Å²) in [7, 11) is 2.73. The third-order valence-corrected chi connectivity index (χ3v) is 2.63. The van der Waals surface area contributed by atoms with Crippen LogP contribution >= 0.6 is 21.6 Å². The highest BCUT2D eigenvalue weighted by Crippen LogP contribution is 2.27. The van der Waals surface area contributed by atoms with Crippen molar-refractivity contribution in [1.29, 1.82) is 0 Å². The Labute approximate surface area is 78.6 Å². The molecule has 0 aliphatic heterocycles. The minimum Gasteiger partial charge on any atom is -0.289 e. The highest BCUT2D eigenvalue weighted by atomic mass is 33.1. The summed E-state index contributed by atoms with van der Waals surface area (Å²) in [4.78, 5) is 13.9. The molecule has 60 valence electrons. The Balaban J connectivity index is 2.38. The highest BCUT2D eigenvalue weighted by Gasteiger charge is 1.90. The second-order valence-electron chi connectivity index (χ2n) is 1.70. The summed E-state index contributed by atoms with van der Waals surface area (Å²) in [5.74, 6) is 2.30. The Kier molecular flexibility index (Phi) is 4.35. The molecule has 0 amide bonds. The number of hydrogen-bond donors (Lipinski definition) is 0. The van der Waals surface area contributed by atoms with Crippen molar-refractivity contribution in [1.82, 2.24) is 4.98 Å². The first-order valence-corrected chi connectivity index (χ1v) is 5.27. The zero-order valence-corrected chi connectivity index (χ0v) is 7.69. The van der Waals surface area contributed by atoms with E-state index < -0.39 is 0 Å². The number of aldehydes is 1. The van der Waals surface area contributed by atoms with Gasteiger partial charge in [-0.2, -0.15) is 0 Å². The van der Waals surface area contributed by atoms with Crippen LogP contribution in [0.2, 0.25) is 0 Å². The van der Waals surface area contributed by atoms with Gasteiger partial charge < -0.3 is 0 Å². The molecular formula is C8H5NOS2. The fraction of sp³-hybridized carbons (Fsp3) is 0. The van der Waals surface area contributed by atoms with Crippen molar-refractivity contribution in [2.75, 3.05) is 0 Å². The molecule has 0 fully saturated rings. The quantitative estimate of drug-likeness (QED) is 0.410. The first-order valence-electron chi connectivity index (χ1n) is 3.12. The van der Waals surface area contributed by atoms with Crippen LogP contribution in [-0.4, -0.2) is 11.3 Å². The van der Waals surface area contributed by atoms with Crippen LogP contribution < -0.4 is 0 Å². The number of aromatic nitrogens is 1. The van der Waals surface area contributed by atoms with E-state index in [2.05, 4.69) is 16.2 Å². The molecule has 1 aromatic heterocycles. The molecule has 1 aromatic rings. The Morgan fingerprint density at radius 2 is 2.42 bits per heavy atom. The second-order valence-corrected chi connectivity index (χ2v) is 3.65. The van der Waals surface area contributed by atoms with Crippen molar-refractivity contribution in [2.24, 2.45) is 0 Å². The van der Waals surface area contributed by atoms with Gasteiger partial charge in [0.25, 0.3) is 0 Å². The summed E-state index contributed by atoms with van der Waals surface area (Å²) >= 11 is 0. The van der Waals surface area contributed by atoms with Gasteiger partial charge in [-0.1, -0.05) is 6.07 Å². The molecule has 0 aromatic carbocycles. The van der Waals surface area contributed by atoms with E-state index in [-0.39, 0.29) is 0 Å². The van der Waals surface area contributed by atoms with Gasteiger partial charge in [0, 0.05) is 17.0 Å². The summed E-state index contributed by atoms with van der Waals surface area (Å²) < 4.78 is 0. The first-order chi connectivity index (χ1) is 5.93. The van der Waals surface area contributed by atoms with Crippen LogP contribution in [-0.2, 0) is 4.79 Å². The lowest BCUT2D eigenvalue weighted by Crippen LogP contribution is -1.71. The number of hydrogen-bond acceptors (Lipinski definition) is 4. The van der Waals surface area contributed by atoms with Crippen LogP contribution in [0.25, 0.3) is 0 Å². The second kappa shape index (κ2) is 5.70. The monoisotopic (exact) mass is 195 g/mol. The van der Waals surface area contributed by atoms with Gasteiger partial charge in [0.1, 0.15) is 5.03 Å². The van der Waals surface area contributed by atoms with Crippen LogP contribution in [0, 0.1) is 11.2 Å². The van der Waals surface area contributed by atoms with Gasteiger partial charge in [0.2, 0.25) is 0 Å². The molecule has 0 N–H and O–H groups in total. The van der Waals surface area contributed by atoms with Crippen molar-refractivity contribution < 1.29 is 4.79 Å². The molecule has 0 saturated heterocycles. The molecule has 12 heavy (non-hydrogen) atoms. The Hall–Kier alpha value is -0.920. The van der Waals surface area contributed by atoms with Crippen molar-refractivity contribution >= 4 is 27.9 Å². The van der Waals surface area contributed by atoms with Crippen LogP contribution in [0.4, 0.5) is 0 Å². The van der Waals surface area contributed by atoms with Crippen LogP contribution in [0.5, 0.6) is 0 Å². The fourth-order valence-corrected chi connectivity index (χ4v) is 1.79. The predicted octanol–water partition coefficient (Wildman–Crippen LogP) is 1.98. The van der Waals surface area contributed by atoms with E-state index in [0.29, 0.717) is 6.29 Å². The number of carbonyl (C=O) groups excluding carboxylic acids is 1. The zero-order valence-electron chi connectivity index (χ0n) is 6.06. The summed E-state index contributed by atoms with van der Waals surface area (Å²) in [6.45, 7) is 0. The molecule has 0 unspecified atom stereocenters. The third kappa shape index (κ3) is 3.46. The van der Waals surface area contributed by atoms with E-state index in [4.69, 9.17) is 0 Å². The van der Waals surface area contributed by atoms with Crippen molar-refractivity contribution in [2.45, 2.75) is 5.03 Å². The molecule has 1 heterocycles. The number of pyridine rings is 1. The van der Waals surface area contributed by atoms with E-state index in [1.165, 1.54) is 21.6 Å². The molecule has 0 bridgehead atoms. The normalized spacial score (nSPS) is 8.33. The lowest BCUT2D eigenvalue weighted by molar-refractivity contribution is -0.103. The SMILES string of the molecule is O=CC#CSSc1ccccn1. The van der Waals surface area contributed by atoms with Gasteiger partial charge in [-0.15, -0.1) is 0 Å². The fourth-order valence-electron chi connectivity index (χ4n) is 0.508. The maximum atomic E-state index is 9.80. The smallest absolute Gasteiger partial charge is 0.193 e. The minimum atomic E-state index is 0.575. The Morgan fingerprint density at radius 1 is 1.50 bits per heavy atom. The lowest BCUT2D eigenvalue weighted by Gasteiger charge is -1.91. The van der Waals surface area contributed by atoms with Crippen LogP contribution in [0.3, 0.4) is 0 Å². The van der Waals surface area contributed by atoms with Gasteiger partial charge in [0.05, 0.1) is 0 Å². The molecule has 4 heteroatoms. The van der Waals surface area contributed by atoms with Gasteiger partial charge in [-0.05, 0) is 34.1 Å². The largest absolute Gasteiger partial charge is 0.289 e. The molecular weight excluding hydrogens is 190 g/mol. The molecule has 0 saturated carbocycles. The molecule has 1 rings (SSSR count). The highest BCUT2D eigenvalue weighted by molar-refractivity contribution is 8.78. The van der Waals surface area contributed by atoms with E-state index in [1.54, 1.807) is 6.20 Å².